The summed E-state index contributed by atoms with van der Waals surface area (Å²) in [6.45, 7) is 2.04. The van der Waals surface area contributed by atoms with Gasteiger partial charge in [-0.2, -0.15) is 0 Å². The lowest BCUT2D eigenvalue weighted by Gasteiger charge is -2.25. The topological polar surface area (TPSA) is 110 Å². The number of methoxy groups -OCH3 is 1. The van der Waals surface area contributed by atoms with Crippen molar-refractivity contribution in [2.75, 3.05) is 23.3 Å². The summed E-state index contributed by atoms with van der Waals surface area (Å²) in [5.74, 6) is -0.504. The number of anilines is 3. The van der Waals surface area contributed by atoms with Gasteiger partial charge in [0.25, 0.3) is 5.91 Å². The van der Waals surface area contributed by atoms with Gasteiger partial charge in [0.15, 0.2) is 0 Å². The van der Waals surface area contributed by atoms with Crippen molar-refractivity contribution in [1.82, 2.24) is 9.97 Å². The first-order valence-electron chi connectivity index (χ1n) is 11.4. The van der Waals surface area contributed by atoms with E-state index in [1.807, 2.05) is 61.5 Å². The number of hydrogen-bond acceptors (Lipinski definition) is 8. The van der Waals surface area contributed by atoms with E-state index in [1.165, 1.54) is 12.1 Å². The average Bonchev–Trinajstić information content (AvgIpc) is 3.27. The Labute approximate surface area is 217 Å². The Hall–Kier alpha value is -4.76. The van der Waals surface area contributed by atoms with Crippen molar-refractivity contribution in [3.05, 3.63) is 102 Å². The summed E-state index contributed by atoms with van der Waals surface area (Å²) in [4.78, 5) is 34.7. The number of nitrogen functional groups attached to an aromatic ring is 1. The van der Waals surface area contributed by atoms with Crippen LogP contribution in [0.25, 0.3) is 20.7 Å². The van der Waals surface area contributed by atoms with Crippen LogP contribution in [0.3, 0.4) is 0 Å². The number of hydrogen-bond donors (Lipinski definition) is 2. The molecule has 0 fully saturated rings. The minimum Gasteiger partial charge on any atom is -0.465 e. The number of benzene rings is 3. The lowest BCUT2D eigenvalue weighted by molar-refractivity contribution is 0.0600. The zero-order valence-corrected chi connectivity index (χ0v) is 21.0. The molecule has 0 bridgehead atoms. The van der Waals surface area contributed by atoms with Crippen LogP contribution in [0.1, 0.15) is 26.3 Å². The molecule has 1 amide bonds. The van der Waals surface area contributed by atoms with Crippen molar-refractivity contribution < 1.29 is 14.3 Å². The number of amides is 1. The van der Waals surface area contributed by atoms with Crippen LogP contribution >= 0.6 is 11.3 Å². The molecule has 3 N–H and O–H groups in total. The second kappa shape index (κ2) is 10.1. The summed E-state index contributed by atoms with van der Waals surface area (Å²) in [5.41, 5.74) is 13.1. The molecule has 5 rings (SSSR count). The highest BCUT2D eigenvalue weighted by Gasteiger charge is 2.20. The second-order valence-electron chi connectivity index (χ2n) is 8.22. The van der Waals surface area contributed by atoms with Crippen molar-refractivity contribution in [1.29, 1.82) is 0 Å². The van der Waals surface area contributed by atoms with E-state index >= 15 is 0 Å². The zero-order valence-electron chi connectivity index (χ0n) is 20.1. The van der Waals surface area contributed by atoms with Crippen LogP contribution in [0.15, 0.2) is 85.1 Å². The van der Waals surface area contributed by atoms with Crippen molar-refractivity contribution in [2.24, 2.45) is 0 Å². The van der Waals surface area contributed by atoms with E-state index in [0.717, 1.165) is 31.9 Å². The molecule has 0 aliphatic heterocycles. The monoisotopic (exact) mass is 509 g/mol. The molecular formula is C28H23N5O3S. The smallest absolute Gasteiger partial charge is 0.337 e. The molecule has 8 nitrogen and oxygen atoms in total. The molecule has 0 spiro atoms. The van der Waals surface area contributed by atoms with E-state index in [1.54, 1.807) is 41.8 Å². The molecule has 5 aromatic rings. The van der Waals surface area contributed by atoms with E-state index < -0.39 is 5.97 Å². The third-order valence-electron chi connectivity index (χ3n) is 5.85. The highest BCUT2D eigenvalue weighted by Crippen LogP contribution is 2.38. The molecular weight excluding hydrogens is 486 g/mol. The molecule has 0 unspecified atom stereocenters. The number of para-hydroxylation sites is 1. The molecule has 0 radical (unpaired) electrons. The second-order valence-corrected chi connectivity index (χ2v) is 9.28. The predicted molar refractivity (Wildman–Crippen MR) is 147 cm³/mol. The van der Waals surface area contributed by atoms with E-state index in [4.69, 9.17) is 10.5 Å². The maximum atomic E-state index is 13.6. The number of nitrogens with one attached hydrogen (secondary N) is 1. The number of carbonyl (C=O) groups is 2. The van der Waals surface area contributed by atoms with Gasteiger partial charge < -0.3 is 10.5 Å². The quantitative estimate of drug-likeness (QED) is 0.223. The predicted octanol–water partition coefficient (Wildman–Crippen LogP) is 5.71. The van der Waals surface area contributed by atoms with Crippen molar-refractivity contribution in [3.63, 3.8) is 0 Å². The molecule has 37 heavy (non-hydrogen) atoms. The summed E-state index contributed by atoms with van der Waals surface area (Å²) in [7, 11) is 1.32. The minimum atomic E-state index is -0.458. The van der Waals surface area contributed by atoms with Crippen LogP contribution in [0.2, 0.25) is 0 Å². The Morgan fingerprint density at radius 1 is 0.973 bits per heavy atom. The van der Waals surface area contributed by atoms with Gasteiger partial charge in [-0.3, -0.25) is 10.2 Å². The fraction of sp³-hybridized carbons (Fsp3) is 0.0714. The first-order chi connectivity index (χ1) is 17.9. The number of esters is 1. The summed E-state index contributed by atoms with van der Waals surface area (Å²) in [5, 5.41) is 2.53. The molecule has 184 valence electrons. The highest BCUT2D eigenvalue weighted by atomic mass is 32.1. The molecule has 0 saturated heterocycles. The average molecular weight is 510 g/mol. The van der Waals surface area contributed by atoms with Gasteiger partial charge in [0.05, 0.1) is 34.6 Å². The summed E-state index contributed by atoms with van der Waals surface area (Å²) in [6, 6.07) is 23.5. The van der Waals surface area contributed by atoms with Gasteiger partial charge in [-0.25, -0.2) is 19.8 Å². The van der Waals surface area contributed by atoms with Crippen LogP contribution in [-0.2, 0) is 4.74 Å². The SMILES string of the molecule is COC(=O)c1ccc(C(=O)N(Nc2ccc3sc(-c4ccnc(N)n4)c(C)c3c2)c2ccccc2)cc1. The van der Waals surface area contributed by atoms with Crippen LogP contribution in [0.4, 0.5) is 17.3 Å². The number of carbonyl (C=O) groups excluding carboxylic acids is 2. The summed E-state index contributed by atoms with van der Waals surface area (Å²) < 4.78 is 5.84. The van der Waals surface area contributed by atoms with Gasteiger partial charge in [0, 0.05) is 16.5 Å². The molecule has 2 heterocycles. The Morgan fingerprint density at radius 2 is 1.70 bits per heavy atom. The number of aryl methyl sites for hydroxylation is 1. The van der Waals surface area contributed by atoms with Gasteiger partial charge in [-0.05, 0) is 78.5 Å². The number of nitrogens with zero attached hydrogens (tertiary/aromatic N) is 3. The Morgan fingerprint density at radius 3 is 2.41 bits per heavy atom. The van der Waals surface area contributed by atoms with Gasteiger partial charge in [0.1, 0.15) is 0 Å². The molecule has 9 heteroatoms. The van der Waals surface area contributed by atoms with E-state index in [-0.39, 0.29) is 11.9 Å². The number of ether oxygens (including phenoxy) is 1. The van der Waals surface area contributed by atoms with E-state index in [0.29, 0.717) is 16.8 Å². The maximum absolute atomic E-state index is 13.6. The zero-order chi connectivity index (χ0) is 25.9. The summed E-state index contributed by atoms with van der Waals surface area (Å²) in [6.07, 6.45) is 1.65. The van der Waals surface area contributed by atoms with Crippen molar-refractivity contribution in [3.8, 4) is 10.6 Å². The normalized spacial score (nSPS) is 10.8. The molecule has 2 aromatic heterocycles. The lowest BCUT2D eigenvalue weighted by atomic mass is 10.1. The van der Waals surface area contributed by atoms with Crippen LogP contribution in [0, 0.1) is 6.92 Å². The van der Waals surface area contributed by atoms with E-state index in [9.17, 15) is 9.59 Å². The number of thiophene rings is 1. The third-order valence-corrected chi connectivity index (χ3v) is 7.15. The van der Waals surface area contributed by atoms with Crippen molar-refractivity contribution in [2.45, 2.75) is 6.92 Å². The molecule has 0 aliphatic rings. The number of hydrazine groups is 1. The Kier molecular flexibility index (Phi) is 6.53. The first-order valence-corrected chi connectivity index (χ1v) is 12.2. The van der Waals surface area contributed by atoms with Crippen LogP contribution in [0.5, 0.6) is 0 Å². The Balaban J connectivity index is 1.49. The first kappa shape index (κ1) is 24.0. The molecule has 3 aromatic carbocycles. The van der Waals surface area contributed by atoms with Gasteiger partial charge >= 0.3 is 5.97 Å². The highest BCUT2D eigenvalue weighted by molar-refractivity contribution is 7.22. The van der Waals surface area contributed by atoms with Crippen molar-refractivity contribution >= 4 is 50.6 Å². The number of aromatic nitrogens is 2. The van der Waals surface area contributed by atoms with Gasteiger partial charge in [-0.1, -0.05) is 18.2 Å². The molecule has 0 atom stereocenters. The maximum Gasteiger partial charge on any atom is 0.337 e. The van der Waals surface area contributed by atoms with Crippen LogP contribution in [-0.4, -0.2) is 29.0 Å². The lowest BCUT2D eigenvalue weighted by Crippen LogP contribution is -2.36. The van der Waals surface area contributed by atoms with Gasteiger partial charge in [-0.15, -0.1) is 11.3 Å². The van der Waals surface area contributed by atoms with Crippen LogP contribution < -0.4 is 16.2 Å². The van der Waals surface area contributed by atoms with E-state index in [2.05, 4.69) is 15.4 Å². The number of rotatable bonds is 6. The largest absolute Gasteiger partial charge is 0.465 e. The number of nitrogens with two attached hydrogens (primary N) is 1. The fourth-order valence-electron chi connectivity index (χ4n) is 3.97. The Bertz CT molecular complexity index is 1600. The third kappa shape index (κ3) is 4.85. The summed E-state index contributed by atoms with van der Waals surface area (Å²) >= 11 is 1.63. The molecule has 0 saturated carbocycles. The minimum absolute atomic E-state index is 0.230. The van der Waals surface area contributed by atoms with Gasteiger partial charge in [0.2, 0.25) is 5.95 Å². The number of fused-ring (bicyclic) bond motifs is 1. The molecule has 0 aliphatic carbocycles. The fourth-order valence-corrected chi connectivity index (χ4v) is 5.13. The standard InChI is InChI=1S/C28H23N5O3S/c1-17-22-16-20(12-13-24(22)37-25(17)23-14-15-30-28(29)31-23)32-33(21-6-4-3-5-7-21)26(34)18-8-10-19(11-9-18)27(35)36-2/h3-16,32H,1-2H3,(H2,29,30,31).